The number of carbonyl (C=O) groups is 3. The lowest BCUT2D eigenvalue weighted by Crippen LogP contribution is -2.53. The van der Waals surface area contributed by atoms with E-state index in [4.69, 9.17) is 0 Å². The lowest BCUT2D eigenvalue weighted by molar-refractivity contribution is -0.127. The van der Waals surface area contributed by atoms with Gasteiger partial charge in [0.15, 0.2) is 0 Å². The van der Waals surface area contributed by atoms with E-state index in [1.54, 1.807) is 0 Å². The first-order chi connectivity index (χ1) is 8.40. The summed E-state index contributed by atoms with van der Waals surface area (Å²) in [5, 5.41) is 8.14. The van der Waals surface area contributed by atoms with E-state index in [0.717, 1.165) is 12.8 Å². The second-order valence-electron chi connectivity index (χ2n) is 5.19. The number of amides is 3. The van der Waals surface area contributed by atoms with Crippen molar-refractivity contribution in [3.63, 3.8) is 0 Å². The summed E-state index contributed by atoms with van der Waals surface area (Å²) in [5.41, 5.74) is -0.319. The molecule has 1 fully saturated rings. The molecule has 0 aromatic heterocycles. The van der Waals surface area contributed by atoms with Crippen LogP contribution in [0.5, 0.6) is 0 Å². The highest BCUT2D eigenvalue weighted by atomic mass is 16.2. The molecular weight excluding hydrogens is 234 g/mol. The third-order valence-electron chi connectivity index (χ3n) is 3.11. The molecule has 0 aromatic carbocycles. The van der Waals surface area contributed by atoms with Crippen LogP contribution >= 0.6 is 0 Å². The Bertz CT molecular complexity index is 337. The molecule has 1 atom stereocenters. The molecule has 3 amide bonds. The van der Waals surface area contributed by atoms with Crippen LogP contribution in [0.3, 0.4) is 0 Å². The van der Waals surface area contributed by atoms with E-state index >= 15 is 0 Å². The molecule has 0 unspecified atom stereocenters. The summed E-state index contributed by atoms with van der Waals surface area (Å²) in [4.78, 5) is 33.4. The number of carbonyl (C=O) groups excluding carboxylic acids is 3. The molecule has 1 aliphatic carbocycles. The molecule has 0 aromatic rings. The van der Waals surface area contributed by atoms with Crippen LogP contribution in [-0.4, -0.2) is 36.3 Å². The maximum absolute atomic E-state index is 12.0. The second-order valence-corrected chi connectivity index (χ2v) is 5.19. The molecule has 0 aliphatic heterocycles. The summed E-state index contributed by atoms with van der Waals surface area (Å²) in [6, 6.07) is -0.530. The number of nitrogens with one attached hydrogen (secondary N) is 3. The van der Waals surface area contributed by atoms with Gasteiger partial charge in [0.2, 0.25) is 18.2 Å². The number of hydrogen-bond acceptors (Lipinski definition) is 3. The molecular formula is C12H21N3O3. The van der Waals surface area contributed by atoms with Crippen LogP contribution in [0, 0.1) is 5.92 Å². The predicted octanol–water partition coefficient (Wildman–Crippen LogP) is -0.458. The highest BCUT2D eigenvalue weighted by Crippen LogP contribution is 2.34. The zero-order valence-electron chi connectivity index (χ0n) is 11.1. The van der Waals surface area contributed by atoms with Gasteiger partial charge in [-0.2, -0.15) is 0 Å². The molecule has 18 heavy (non-hydrogen) atoms. The van der Waals surface area contributed by atoms with Gasteiger partial charge >= 0.3 is 0 Å². The number of hydrogen-bond donors (Lipinski definition) is 3. The minimum absolute atomic E-state index is 0.0202. The van der Waals surface area contributed by atoms with E-state index in [2.05, 4.69) is 16.0 Å². The average molecular weight is 255 g/mol. The van der Waals surface area contributed by atoms with Gasteiger partial charge in [0.05, 0.1) is 5.54 Å². The molecule has 1 aliphatic rings. The third-order valence-corrected chi connectivity index (χ3v) is 3.11. The van der Waals surface area contributed by atoms with Crippen molar-refractivity contribution in [1.82, 2.24) is 16.0 Å². The van der Waals surface area contributed by atoms with Crippen LogP contribution in [0.15, 0.2) is 0 Å². The molecule has 1 saturated carbocycles. The summed E-state index contributed by atoms with van der Waals surface area (Å²) in [6.45, 7) is 5.63. The molecule has 0 heterocycles. The van der Waals surface area contributed by atoms with Crippen LogP contribution in [0.2, 0.25) is 0 Å². The lowest BCUT2D eigenvalue weighted by Gasteiger charge is -2.24. The quantitative estimate of drug-likeness (QED) is 0.538. The molecule has 1 rings (SSSR count). The Morgan fingerprint density at radius 2 is 1.94 bits per heavy atom. The zero-order valence-corrected chi connectivity index (χ0v) is 11.1. The van der Waals surface area contributed by atoms with Gasteiger partial charge in [-0.1, -0.05) is 13.8 Å². The highest BCUT2D eigenvalue weighted by molar-refractivity contribution is 5.85. The first-order valence-electron chi connectivity index (χ1n) is 6.16. The van der Waals surface area contributed by atoms with Crippen molar-refractivity contribution >= 4 is 18.2 Å². The molecule has 6 nitrogen and oxygen atoms in total. The average Bonchev–Trinajstić information content (AvgIpc) is 3.03. The van der Waals surface area contributed by atoms with Gasteiger partial charge in [-0.15, -0.1) is 0 Å². The largest absolute Gasteiger partial charge is 0.354 e. The smallest absolute Gasteiger partial charge is 0.243 e. The van der Waals surface area contributed by atoms with Crippen LogP contribution in [0.25, 0.3) is 0 Å². The standard InChI is InChI=1S/C12H21N3O3/c1-8(2)10(14-7-16)11(18)15-12(4-5-12)6-13-9(3)17/h7-8,10H,4-6H2,1-3H3,(H,13,17)(H,14,16)(H,15,18)/t10-/m0/s1. The molecule has 0 spiro atoms. The maximum Gasteiger partial charge on any atom is 0.243 e. The van der Waals surface area contributed by atoms with E-state index in [9.17, 15) is 14.4 Å². The van der Waals surface area contributed by atoms with Crippen molar-refractivity contribution in [2.24, 2.45) is 5.92 Å². The van der Waals surface area contributed by atoms with Crippen molar-refractivity contribution in [3.05, 3.63) is 0 Å². The molecule has 0 bridgehead atoms. The highest BCUT2D eigenvalue weighted by Gasteiger charge is 2.45. The van der Waals surface area contributed by atoms with Gasteiger partial charge in [0, 0.05) is 13.5 Å². The van der Waals surface area contributed by atoms with Gasteiger partial charge in [-0.05, 0) is 18.8 Å². The van der Waals surface area contributed by atoms with Crippen LogP contribution in [0.4, 0.5) is 0 Å². The zero-order chi connectivity index (χ0) is 13.8. The monoisotopic (exact) mass is 255 g/mol. The summed E-state index contributed by atoms with van der Waals surface area (Å²) >= 11 is 0. The summed E-state index contributed by atoms with van der Waals surface area (Å²) in [7, 11) is 0. The van der Waals surface area contributed by atoms with Crippen molar-refractivity contribution in [2.75, 3.05) is 6.54 Å². The first kappa shape index (κ1) is 14.5. The minimum Gasteiger partial charge on any atom is -0.354 e. The Labute approximate surface area is 107 Å². The fourth-order valence-corrected chi connectivity index (χ4v) is 1.77. The predicted molar refractivity (Wildman–Crippen MR) is 66.6 cm³/mol. The second kappa shape index (κ2) is 5.84. The van der Waals surface area contributed by atoms with E-state index < -0.39 is 6.04 Å². The molecule has 3 N–H and O–H groups in total. The maximum atomic E-state index is 12.0. The molecule has 102 valence electrons. The topological polar surface area (TPSA) is 87.3 Å². The Balaban J connectivity index is 2.52. The Morgan fingerprint density at radius 3 is 2.33 bits per heavy atom. The molecule has 0 radical (unpaired) electrons. The summed E-state index contributed by atoms with van der Waals surface area (Å²) in [6.07, 6.45) is 2.24. The van der Waals surface area contributed by atoms with E-state index in [1.165, 1.54) is 6.92 Å². The Hall–Kier alpha value is -1.59. The van der Waals surface area contributed by atoms with Gasteiger partial charge < -0.3 is 16.0 Å². The fraction of sp³-hybridized carbons (Fsp3) is 0.750. The first-order valence-corrected chi connectivity index (χ1v) is 6.16. The summed E-state index contributed by atoms with van der Waals surface area (Å²) < 4.78 is 0. The molecule has 6 heteroatoms. The van der Waals surface area contributed by atoms with Gasteiger partial charge in [0.25, 0.3) is 0 Å². The fourth-order valence-electron chi connectivity index (χ4n) is 1.77. The third kappa shape index (κ3) is 4.01. The van der Waals surface area contributed by atoms with Crippen molar-refractivity contribution in [1.29, 1.82) is 0 Å². The van der Waals surface area contributed by atoms with Crippen LogP contribution < -0.4 is 16.0 Å². The van der Waals surface area contributed by atoms with Gasteiger partial charge in [-0.25, -0.2) is 0 Å². The number of rotatable bonds is 7. The van der Waals surface area contributed by atoms with Gasteiger partial charge in [0.1, 0.15) is 6.04 Å². The van der Waals surface area contributed by atoms with Gasteiger partial charge in [-0.3, -0.25) is 14.4 Å². The summed E-state index contributed by atoms with van der Waals surface area (Å²) in [5.74, 6) is -0.284. The van der Waals surface area contributed by atoms with Crippen molar-refractivity contribution in [2.45, 2.75) is 45.2 Å². The minimum atomic E-state index is -0.530. The van der Waals surface area contributed by atoms with E-state index in [1.807, 2.05) is 13.8 Å². The van der Waals surface area contributed by atoms with Crippen LogP contribution in [-0.2, 0) is 14.4 Å². The van der Waals surface area contributed by atoms with Crippen LogP contribution in [0.1, 0.15) is 33.6 Å². The Kier molecular flexibility index (Phi) is 4.69. The Morgan fingerprint density at radius 1 is 1.33 bits per heavy atom. The van der Waals surface area contributed by atoms with E-state index in [-0.39, 0.29) is 23.3 Å². The molecule has 0 saturated heterocycles. The normalized spacial score (nSPS) is 17.8. The lowest BCUT2D eigenvalue weighted by atomic mass is 10.0. The van der Waals surface area contributed by atoms with Crippen molar-refractivity contribution in [3.8, 4) is 0 Å². The SMILES string of the molecule is CC(=O)NCC1(NC(=O)[C@@H](NC=O)C(C)C)CC1. The van der Waals surface area contributed by atoms with Crippen molar-refractivity contribution < 1.29 is 14.4 Å². The van der Waals surface area contributed by atoms with E-state index in [0.29, 0.717) is 13.0 Å².